The van der Waals surface area contributed by atoms with Crippen molar-refractivity contribution in [2.24, 2.45) is 5.73 Å². The first-order valence-electron chi connectivity index (χ1n) is 6.97. The highest BCUT2D eigenvalue weighted by molar-refractivity contribution is 7.09. The number of hydrogen-bond acceptors (Lipinski definition) is 5. The minimum absolute atomic E-state index is 0.196. The van der Waals surface area contributed by atoms with E-state index in [9.17, 15) is 0 Å². The molecule has 2 N–H and O–H groups in total. The molecule has 0 aliphatic heterocycles. The summed E-state index contributed by atoms with van der Waals surface area (Å²) in [6.07, 6.45) is 5.13. The van der Waals surface area contributed by atoms with Gasteiger partial charge in [0.2, 0.25) is 0 Å². The number of aryl methyl sites for hydroxylation is 2. The van der Waals surface area contributed by atoms with Crippen LogP contribution in [0.1, 0.15) is 35.5 Å². The fraction of sp³-hybridized carbons (Fsp3) is 0.571. The standard InChI is InChI=1S/C14H23N5S/c1-4-5-19-8-12(7-17-19)13(6-15)18(3)9-14-11(2)16-10-20-14/h7-8,10,13H,4-6,9,15H2,1-3H3. The van der Waals surface area contributed by atoms with E-state index in [1.807, 2.05) is 16.4 Å². The molecule has 2 aromatic rings. The second-order valence-electron chi connectivity index (χ2n) is 5.06. The molecule has 0 aliphatic rings. The van der Waals surface area contributed by atoms with Gasteiger partial charge in [-0.2, -0.15) is 5.10 Å². The average Bonchev–Trinajstić information content (AvgIpc) is 3.02. The van der Waals surface area contributed by atoms with Gasteiger partial charge in [-0.05, 0) is 20.4 Å². The summed E-state index contributed by atoms with van der Waals surface area (Å²) in [5.41, 5.74) is 10.2. The summed E-state index contributed by atoms with van der Waals surface area (Å²) in [7, 11) is 2.11. The molecule has 2 aromatic heterocycles. The zero-order valence-electron chi connectivity index (χ0n) is 12.4. The molecule has 110 valence electrons. The number of nitrogens with zero attached hydrogens (tertiary/aromatic N) is 4. The van der Waals surface area contributed by atoms with E-state index in [1.54, 1.807) is 11.3 Å². The summed E-state index contributed by atoms with van der Waals surface area (Å²) in [5, 5.41) is 4.40. The molecule has 0 spiro atoms. The zero-order valence-corrected chi connectivity index (χ0v) is 13.2. The van der Waals surface area contributed by atoms with Gasteiger partial charge >= 0.3 is 0 Å². The molecule has 20 heavy (non-hydrogen) atoms. The Morgan fingerprint density at radius 1 is 1.50 bits per heavy atom. The highest BCUT2D eigenvalue weighted by Crippen LogP contribution is 2.22. The average molecular weight is 293 g/mol. The maximum absolute atomic E-state index is 5.97. The predicted octanol–water partition coefficient (Wildman–Crippen LogP) is 2.19. The number of hydrogen-bond donors (Lipinski definition) is 1. The lowest BCUT2D eigenvalue weighted by Gasteiger charge is -2.25. The Morgan fingerprint density at radius 2 is 2.30 bits per heavy atom. The molecule has 6 heteroatoms. The van der Waals surface area contributed by atoms with Crippen molar-refractivity contribution in [2.45, 2.75) is 39.4 Å². The SMILES string of the molecule is CCCn1cc(C(CN)N(C)Cc2scnc2C)cn1. The van der Waals surface area contributed by atoms with E-state index in [0.29, 0.717) is 6.54 Å². The highest BCUT2D eigenvalue weighted by atomic mass is 32.1. The number of nitrogens with two attached hydrogens (primary N) is 1. The molecular formula is C14H23N5S. The van der Waals surface area contributed by atoms with Crippen LogP contribution < -0.4 is 5.73 Å². The molecular weight excluding hydrogens is 270 g/mol. The first kappa shape index (κ1) is 15.2. The van der Waals surface area contributed by atoms with E-state index in [0.717, 1.165) is 25.2 Å². The second kappa shape index (κ2) is 6.97. The van der Waals surface area contributed by atoms with Gasteiger partial charge in [0.15, 0.2) is 0 Å². The molecule has 0 bridgehead atoms. The Bertz CT molecular complexity index is 533. The fourth-order valence-electron chi connectivity index (χ4n) is 2.29. The van der Waals surface area contributed by atoms with Crippen molar-refractivity contribution in [3.05, 3.63) is 34.0 Å². The van der Waals surface area contributed by atoms with Crippen molar-refractivity contribution < 1.29 is 0 Å². The van der Waals surface area contributed by atoms with Crippen molar-refractivity contribution in [1.82, 2.24) is 19.7 Å². The van der Waals surface area contributed by atoms with Crippen LogP contribution in [0.2, 0.25) is 0 Å². The lowest BCUT2D eigenvalue weighted by molar-refractivity contribution is 0.243. The Labute approximate surface area is 124 Å². The minimum Gasteiger partial charge on any atom is -0.329 e. The normalized spacial score (nSPS) is 13.1. The molecule has 0 saturated carbocycles. The Hall–Kier alpha value is -1.24. The summed E-state index contributed by atoms with van der Waals surface area (Å²) >= 11 is 1.70. The summed E-state index contributed by atoms with van der Waals surface area (Å²) in [5.74, 6) is 0. The molecule has 0 aliphatic carbocycles. The van der Waals surface area contributed by atoms with Crippen molar-refractivity contribution in [1.29, 1.82) is 0 Å². The van der Waals surface area contributed by atoms with Gasteiger partial charge in [-0.15, -0.1) is 11.3 Å². The molecule has 2 rings (SSSR count). The Kier molecular flexibility index (Phi) is 5.28. The van der Waals surface area contributed by atoms with Crippen LogP contribution in [0, 0.1) is 6.92 Å². The molecule has 0 aromatic carbocycles. The number of aromatic nitrogens is 3. The van der Waals surface area contributed by atoms with Gasteiger partial charge in [0.25, 0.3) is 0 Å². The Morgan fingerprint density at radius 3 is 2.90 bits per heavy atom. The molecule has 1 atom stereocenters. The monoisotopic (exact) mass is 293 g/mol. The van der Waals surface area contributed by atoms with Gasteiger partial charge in [0.1, 0.15) is 0 Å². The first-order chi connectivity index (χ1) is 9.65. The van der Waals surface area contributed by atoms with Gasteiger partial charge < -0.3 is 5.73 Å². The van der Waals surface area contributed by atoms with E-state index in [-0.39, 0.29) is 6.04 Å². The van der Waals surface area contributed by atoms with Gasteiger partial charge in [-0.25, -0.2) is 4.98 Å². The topological polar surface area (TPSA) is 60.0 Å². The number of thiazole rings is 1. The molecule has 0 saturated heterocycles. The first-order valence-corrected chi connectivity index (χ1v) is 7.85. The van der Waals surface area contributed by atoms with E-state index in [2.05, 4.69) is 42.1 Å². The minimum atomic E-state index is 0.196. The van der Waals surface area contributed by atoms with E-state index >= 15 is 0 Å². The second-order valence-corrected chi connectivity index (χ2v) is 6.00. The highest BCUT2D eigenvalue weighted by Gasteiger charge is 2.18. The van der Waals surface area contributed by atoms with Crippen LogP contribution in [0.4, 0.5) is 0 Å². The fourth-order valence-corrected chi connectivity index (χ4v) is 3.13. The maximum atomic E-state index is 5.97. The molecule has 0 fully saturated rings. The number of likely N-dealkylation sites (N-methyl/N-ethyl adjacent to an activating group) is 1. The molecule has 0 amide bonds. The van der Waals surface area contributed by atoms with Gasteiger partial charge in [-0.1, -0.05) is 6.92 Å². The van der Waals surface area contributed by atoms with Crippen LogP contribution in [0.3, 0.4) is 0 Å². The van der Waals surface area contributed by atoms with Crippen molar-refractivity contribution in [3.8, 4) is 0 Å². The van der Waals surface area contributed by atoms with Gasteiger partial charge in [-0.3, -0.25) is 9.58 Å². The lowest BCUT2D eigenvalue weighted by atomic mass is 10.1. The van der Waals surface area contributed by atoms with Gasteiger partial charge in [0.05, 0.1) is 23.4 Å². The van der Waals surface area contributed by atoms with Crippen LogP contribution in [0.15, 0.2) is 17.9 Å². The third-order valence-corrected chi connectivity index (χ3v) is 4.40. The summed E-state index contributed by atoms with van der Waals surface area (Å²) < 4.78 is 1.99. The summed E-state index contributed by atoms with van der Waals surface area (Å²) in [4.78, 5) is 7.87. The van der Waals surface area contributed by atoms with Crippen molar-refractivity contribution >= 4 is 11.3 Å². The van der Waals surface area contributed by atoms with Crippen LogP contribution >= 0.6 is 11.3 Å². The summed E-state index contributed by atoms with van der Waals surface area (Å²) in [6.45, 7) is 6.62. The third kappa shape index (κ3) is 3.45. The molecule has 5 nitrogen and oxygen atoms in total. The lowest BCUT2D eigenvalue weighted by Crippen LogP contribution is -2.29. The van der Waals surface area contributed by atoms with E-state index < -0.39 is 0 Å². The molecule has 1 unspecified atom stereocenters. The van der Waals surface area contributed by atoms with Crippen LogP contribution in [0.5, 0.6) is 0 Å². The third-order valence-electron chi connectivity index (χ3n) is 3.48. The van der Waals surface area contributed by atoms with Crippen LogP contribution in [-0.4, -0.2) is 33.3 Å². The molecule has 0 radical (unpaired) electrons. The summed E-state index contributed by atoms with van der Waals surface area (Å²) in [6, 6.07) is 0.196. The van der Waals surface area contributed by atoms with Crippen molar-refractivity contribution in [3.63, 3.8) is 0 Å². The van der Waals surface area contributed by atoms with Crippen LogP contribution in [-0.2, 0) is 13.1 Å². The van der Waals surface area contributed by atoms with E-state index in [1.165, 1.54) is 10.4 Å². The smallest absolute Gasteiger partial charge is 0.0798 e. The predicted molar refractivity (Wildman–Crippen MR) is 82.6 cm³/mol. The maximum Gasteiger partial charge on any atom is 0.0798 e. The number of rotatable bonds is 7. The van der Waals surface area contributed by atoms with Crippen LogP contribution in [0.25, 0.3) is 0 Å². The largest absolute Gasteiger partial charge is 0.329 e. The Balaban J connectivity index is 2.08. The van der Waals surface area contributed by atoms with Gasteiger partial charge in [0, 0.05) is 36.3 Å². The zero-order chi connectivity index (χ0) is 14.5. The quantitative estimate of drug-likeness (QED) is 0.850. The van der Waals surface area contributed by atoms with Crippen molar-refractivity contribution in [2.75, 3.05) is 13.6 Å². The molecule has 2 heterocycles. The van der Waals surface area contributed by atoms with E-state index in [4.69, 9.17) is 5.73 Å².